The van der Waals surface area contributed by atoms with E-state index < -0.39 is 22.2 Å². The van der Waals surface area contributed by atoms with Crippen LogP contribution >= 0.6 is 34.8 Å². The summed E-state index contributed by atoms with van der Waals surface area (Å²) >= 11 is 19.0. The van der Waals surface area contributed by atoms with E-state index in [9.17, 15) is 4.79 Å². The summed E-state index contributed by atoms with van der Waals surface area (Å²) in [7, 11) is 0. The lowest BCUT2D eigenvalue weighted by Gasteiger charge is -2.35. The Morgan fingerprint density at radius 3 is 2.91 bits per heavy atom. The van der Waals surface area contributed by atoms with Crippen LogP contribution in [0.2, 0.25) is 0 Å². The van der Waals surface area contributed by atoms with Crippen molar-refractivity contribution in [2.75, 3.05) is 0 Å². The standard InChI is InChI=1S/C15H15Cl3N2O3/c1-3-7(2)22-15(21)9-10(16)11(17)14(18)20-13(9)12-8(23-20)5-4-6-19-12/h4-7,10-11,14H,3H2,1-2H3. The van der Waals surface area contributed by atoms with Crippen molar-refractivity contribution in [1.29, 1.82) is 0 Å². The highest BCUT2D eigenvalue weighted by Gasteiger charge is 2.49. The molecule has 0 spiro atoms. The molecule has 0 N–H and O–H groups in total. The zero-order valence-electron chi connectivity index (χ0n) is 12.5. The molecular weight excluding hydrogens is 363 g/mol. The number of hydroxylamine groups is 2. The fourth-order valence-corrected chi connectivity index (χ4v) is 3.33. The van der Waals surface area contributed by atoms with Crippen LogP contribution < -0.4 is 4.84 Å². The largest absolute Gasteiger partial charge is 0.459 e. The minimum atomic E-state index is -0.807. The van der Waals surface area contributed by atoms with Crippen molar-refractivity contribution in [2.24, 2.45) is 0 Å². The minimum Gasteiger partial charge on any atom is -0.459 e. The van der Waals surface area contributed by atoms with Crippen LogP contribution in [0.1, 0.15) is 26.0 Å². The van der Waals surface area contributed by atoms with E-state index in [-0.39, 0.29) is 11.7 Å². The molecule has 0 aromatic carbocycles. The van der Waals surface area contributed by atoms with Crippen molar-refractivity contribution < 1.29 is 14.4 Å². The van der Waals surface area contributed by atoms with Crippen LogP contribution in [-0.4, -0.2) is 38.4 Å². The smallest absolute Gasteiger partial charge is 0.338 e. The van der Waals surface area contributed by atoms with Gasteiger partial charge in [0, 0.05) is 6.20 Å². The predicted octanol–water partition coefficient (Wildman–Crippen LogP) is 3.54. The molecule has 1 aromatic heterocycles. The number of nitrogens with zero attached hydrogens (tertiary/aromatic N) is 2. The highest BCUT2D eigenvalue weighted by molar-refractivity contribution is 6.38. The molecule has 2 aliphatic heterocycles. The van der Waals surface area contributed by atoms with E-state index in [1.54, 1.807) is 18.3 Å². The second-order valence-corrected chi connectivity index (χ2v) is 6.79. The molecule has 4 unspecified atom stereocenters. The van der Waals surface area contributed by atoms with Gasteiger partial charge in [-0.3, -0.25) is 4.98 Å². The summed E-state index contributed by atoms with van der Waals surface area (Å²) in [4.78, 5) is 22.6. The van der Waals surface area contributed by atoms with Gasteiger partial charge in [-0.25, -0.2) is 4.79 Å². The molecule has 0 saturated heterocycles. The number of aromatic nitrogens is 1. The van der Waals surface area contributed by atoms with E-state index >= 15 is 0 Å². The van der Waals surface area contributed by atoms with E-state index in [0.29, 0.717) is 23.6 Å². The fourth-order valence-electron chi connectivity index (χ4n) is 2.42. The number of pyridine rings is 1. The van der Waals surface area contributed by atoms with Gasteiger partial charge in [-0.05, 0) is 25.5 Å². The van der Waals surface area contributed by atoms with Crippen molar-refractivity contribution >= 4 is 46.5 Å². The molecule has 1 aromatic rings. The van der Waals surface area contributed by atoms with E-state index in [4.69, 9.17) is 44.4 Å². The Hall–Kier alpha value is -1.17. The topological polar surface area (TPSA) is 51.7 Å². The third kappa shape index (κ3) is 2.75. The Labute approximate surface area is 149 Å². The normalized spacial score (nSPS) is 27.2. The first kappa shape index (κ1) is 16.7. The van der Waals surface area contributed by atoms with Crippen LogP contribution in [-0.2, 0) is 9.53 Å². The van der Waals surface area contributed by atoms with Gasteiger partial charge in [0.2, 0.25) is 0 Å². The number of ether oxygens (including phenoxy) is 1. The monoisotopic (exact) mass is 376 g/mol. The highest BCUT2D eigenvalue weighted by Crippen LogP contribution is 2.46. The van der Waals surface area contributed by atoms with Crippen LogP contribution in [0.25, 0.3) is 5.70 Å². The molecule has 3 heterocycles. The van der Waals surface area contributed by atoms with E-state index in [2.05, 4.69) is 4.98 Å². The molecule has 4 atom stereocenters. The Kier molecular flexibility index (Phi) is 4.63. The molecule has 3 rings (SSSR count). The number of rotatable bonds is 3. The average Bonchev–Trinajstić information content (AvgIpc) is 2.92. The fraction of sp³-hybridized carbons (Fsp3) is 0.467. The third-order valence-electron chi connectivity index (χ3n) is 3.81. The Balaban J connectivity index is 2.11. The molecule has 23 heavy (non-hydrogen) atoms. The van der Waals surface area contributed by atoms with Crippen molar-refractivity contribution in [3.63, 3.8) is 0 Å². The minimum absolute atomic E-state index is 0.223. The Bertz CT molecular complexity index is 667. The number of carbonyl (C=O) groups is 1. The zero-order chi connectivity index (χ0) is 16.7. The van der Waals surface area contributed by atoms with Crippen molar-refractivity contribution in [2.45, 2.75) is 42.6 Å². The van der Waals surface area contributed by atoms with Crippen LogP contribution in [0, 0.1) is 0 Å². The van der Waals surface area contributed by atoms with Crippen molar-refractivity contribution in [3.05, 3.63) is 29.6 Å². The van der Waals surface area contributed by atoms with E-state index in [1.165, 1.54) is 5.06 Å². The van der Waals surface area contributed by atoms with Crippen LogP contribution in [0.15, 0.2) is 23.9 Å². The summed E-state index contributed by atoms with van der Waals surface area (Å²) in [6.45, 7) is 3.74. The molecule has 2 aliphatic rings. The quantitative estimate of drug-likeness (QED) is 0.458. The molecule has 124 valence electrons. The molecule has 0 fully saturated rings. The van der Waals surface area contributed by atoms with Gasteiger partial charge in [-0.2, -0.15) is 5.06 Å². The van der Waals surface area contributed by atoms with Gasteiger partial charge in [0.05, 0.1) is 22.4 Å². The maximum atomic E-state index is 12.6. The summed E-state index contributed by atoms with van der Waals surface area (Å²) in [5.74, 6) is -0.0349. The molecule has 0 saturated carbocycles. The summed E-state index contributed by atoms with van der Waals surface area (Å²) in [6, 6.07) is 3.47. The predicted molar refractivity (Wildman–Crippen MR) is 88.4 cm³/mol. The second-order valence-electron chi connectivity index (χ2n) is 5.37. The summed E-state index contributed by atoms with van der Waals surface area (Å²) in [6.07, 6.45) is 2.06. The maximum Gasteiger partial charge on any atom is 0.338 e. The SMILES string of the molecule is CCC(C)OC(=O)C1=C2c3ncccc3ON2C(Cl)C(Cl)C1Cl. The van der Waals surface area contributed by atoms with Gasteiger partial charge in [0.15, 0.2) is 11.3 Å². The van der Waals surface area contributed by atoms with Crippen LogP contribution in [0.3, 0.4) is 0 Å². The molecule has 5 nitrogen and oxygen atoms in total. The Morgan fingerprint density at radius 2 is 2.22 bits per heavy atom. The zero-order valence-corrected chi connectivity index (χ0v) is 14.8. The van der Waals surface area contributed by atoms with Gasteiger partial charge >= 0.3 is 5.97 Å². The van der Waals surface area contributed by atoms with Gasteiger partial charge in [-0.15, -0.1) is 23.2 Å². The number of carbonyl (C=O) groups excluding carboxylic acids is 1. The first-order valence-corrected chi connectivity index (χ1v) is 8.56. The van der Waals surface area contributed by atoms with Crippen LogP contribution in [0.4, 0.5) is 0 Å². The molecular formula is C15H15Cl3N2O3. The number of halogens is 3. The maximum absolute atomic E-state index is 12.6. The van der Waals surface area contributed by atoms with Gasteiger partial charge in [-0.1, -0.05) is 18.5 Å². The molecule has 0 radical (unpaired) electrons. The first-order valence-electron chi connectivity index (χ1n) is 7.25. The number of esters is 1. The molecule has 0 bridgehead atoms. The third-order valence-corrected chi connectivity index (χ3v) is 5.50. The van der Waals surface area contributed by atoms with E-state index in [1.807, 2.05) is 13.8 Å². The molecule has 8 heteroatoms. The molecule has 0 aliphatic carbocycles. The number of hydrogen-bond donors (Lipinski definition) is 0. The highest BCUT2D eigenvalue weighted by atomic mass is 35.5. The lowest BCUT2D eigenvalue weighted by atomic mass is 10.0. The first-order chi connectivity index (χ1) is 11.0. The lowest BCUT2D eigenvalue weighted by Crippen LogP contribution is -2.47. The lowest BCUT2D eigenvalue weighted by molar-refractivity contribution is -0.144. The molecule has 0 amide bonds. The number of alkyl halides is 3. The number of hydrogen-bond acceptors (Lipinski definition) is 5. The second kappa shape index (κ2) is 6.38. The average molecular weight is 378 g/mol. The van der Waals surface area contributed by atoms with Crippen molar-refractivity contribution in [1.82, 2.24) is 10.0 Å². The Morgan fingerprint density at radius 1 is 1.48 bits per heavy atom. The van der Waals surface area contributed by atoms with Crippen molar-refractivity contribution in [3.8, 4) is 5.75 Å². The van der Waals surface area contributed by atoms with Gasteiger partial charge in [0.1, 0.15) is 11.4 Å². The van der Waals surface area contributed by atoms with Gasteiger partial charge in [0.25, 0.3) is 0 Å². The van der Waals surface area contributed by atoms with Crippen LogP contribution in [0.5, 0.6) is 5.75 Å². The van der Waals surface area contributed by atoms with E-state index in [0.717, 1.165) is 0 Å². The van der Waals surface area contributed by atoms with Gasteiger partial charge < -0.3 is 9.57 Å². The summed E-state index contributed by atoms with van der Waals surface area (Å²) in [5.41, 5.74) is 0.416. The number of fused-ring (bicyclic) bond motifs is 3. The summed E-state index contributed by atoms with van der Waals surface area (Å²) < 4.78 is 5.42. The summed E-state index contributed by atoms with van der Waals surface area (Å²) in [5, 5.41) is -0.155.